The maximum Gasteiger partial charge on any atom is 0.307 e. The lowest BCUT2D eigenvalue weighted by Gasteiger charge is -2.28. The normalized spacial score (nSPS) is 13.6. The van der Waals surface area contributed by atoms with Crippen LogP contribution < -0.4 is 0 Å². The van der Waals surface area contributed by atoms with Crippen molar-refractivity contribution in [2.45, 2.75) is 136 Å². The average Bonchev–Trinajstić information content (AvgIpc) is 2.70. The number of aliphatic carboxylic acids is 1. The lowest BCUT2D eigenvalue weighted by molar-refractivity contribution is -0.873. The maximum absolute atomic E-state index is 12.1. The van der Waals surface area contributed by atoms with Crippen molar-refractivity contribution in [3.8, 4) is 0 Å². The first-order valence-corrected chi connectivity index (χ1v) is 13.9. The van der Waals surface area contributed by atoms with E-state index in [1.165, 1.54) is 83.5 Å². The van der Waals surface area contributed by atoms with Crippen LogP contribution in [0.25, 0.3) is 0 Å². The predicted molar refractivity (Wildman–Crippen MR) is 138 cm³/mol. The molecule has 2 atom stereocenters. The number of unbranched alkanes of at least 4 members (excludes halogenated alkanes) is 12. The number of quaternary nitrogens is 1. The van der Waals surface area contributed by atoms with E-state index in [-0.39, 0.29) is 12.4 Å². The van der Waals surface area contributed by atoms with Crippen LogP contribution in [0, 0.1) is 5.92 Å². The second-order valence-electron chi connectivity index (χ2n) is 11.2. The number of esters is 1. The van der Waals surface area contributed by atoms with Crippen LogP contribution in [0.15, 0.2) is 0 Å². The molecule has 0 aliphatic rings. The molecule has 0 saturated heterocycles. The Morgan fingerprint density at radius 2 is 1.21 bits per heavy atom. The molecule has 0 radical (unpaired) electrons. The van der Waals surface area contributed by atoms with Crippen molar-refractivity contribution < 1.29 is 23.9 Å². The van der Waals surface area contributed by atoms with Crippen LogP contribution in [0.2, 0.25) is 0 Å². The van der Waals surface area contributed by atoms with Crippen molar-refractivity contribution in [2.24, 2.45) is 5.92 Å². The number of carbonyl (C=O) groups is 2. The van der Waals surface area contributed by atoms with E-state index in [1.54, 1.807) is 0 Å². The maximum atomic E-state index is 12.1. The van der Waals surface area contributed by atoms with Gasteiger partial charge in [-0.1, -0.05) is 110 Å². The van der Waals surface area contributed by atoms with Crippen LogP contribution in [0.4, 0.5) is 0 Å². The van der Waals surface area contributed by atoms with Crippen molar-refractivity contribution in [3.05, 3.63) is 0 Å². The molecule has 33 heavy (non-hydrogen) atoms. The molecule has 0 bridgehead atoms. The fourth-order valence-electron chi connectivity index (χ4n) is 4.43. The van der Waals surface area contributed by atoms with Gasteiger partial charge in [0.2, 0.25) is 0 Å². The monoisotopic (exact) mass is 470 g/mol. The SMILES string of the molecule is CCCCCCCCCCCCCC(C)CCCCCC(=O)OC(CC(=O)O)C[N+](C)(C)C. The third kappa shape index (κ3) is 23.8. The molecule has 0 heterocycles. The number of carboxylic acids is 1. The van der Waals surface area contributed by atoms with E-state index < -0.39 is 12.1 Å². The highest BCUT2D eigenvalue weighted by Gasteiger charge is 2.24. The fourth-order valence-corrected chi connectivity index (χ4v) is 4.43. The molecule has 0 fully saturated rings. The lowest BCUT2D eigenvalue weighted by atomic mass is 9.96. The van der Waals surface area contributed by atoms with Crippen molar-refractivity contribution >= 4 is 11.9 Å². The number of carbonyl (C=O) groups excluding carboxylic acids is 1. The zero-order valence-electron chi connectivity index (χ0n) is 22.7. The number of hydrogen-bond acceptors (Lipinski definition) is 3. The number of carboxylic acid groups (broad SMARTS) is 1. The Labute approximate surface area is 205 Å². The molecule has 196 valence electrons. The molecule has 0 aromatic carbocycles. The predicted octanol–water partition coefficient (Wildman–Crippen LogP) is 7.37. The van der Waals surface area contributed by atoms with E-state index in [4.69, 9.17) is 9.84 Å². The Bertz CT molecular complexity index is 487. The Balaban J connectivity index is 3.65. The highest BCUT2D eigenvalue weighted by Crippen LogP contribution is 2.19. The molecule has 0 aliphatic carbocycles. The van der Waals surface area contributed by atoms with Gasteiger partial charge in [-0.25, -0.2) is 0 Å². The molecule has 0 spiro atoms. The van der Waals surface area contributed by atoms with Crippen molar-refractivity contribution in [2.75, 3.05) is 27.7 Å². The zero-order valence-corrected chi connectivity index (χ0v) is 22.7. The average molecular weight is 471 g/mol. The molecular weight excluding hydrogens is 414 g/mol. The van der Waals surface area contributed by atoms with Gasteiger partial charge in [0.25, 0.3) is 0 Å². The van der Waals surface area contributed by atoms with Crippen LogP contribution in [-0.2, 0) is 14.3 Å². The summed E-state index contributed by atoms with van der Waals surface area (Å²) in [5, 5.41) is 9.05. The largest absolute Gasteiger partial charge is 0.481 e. The summed E-state index contributed by atoms with van der Waals surface area (Å²) in [4.78, 5) is 23.2. The van der Waals surface area contributed by atoms with Crippen molar-refractivity contribution in [1.82, 2.24) is 0 Å². The summed E-state index contributed by atoms with van der Waals surface area (Å²) < 4.78 is 6.02. The van der Waals surface area contributed by atoms with Gasteiger partial charge in [-0.05, 0) is 12.3 Å². The first-order chi connectivity index (χ1) is 15.6. The molecular formula is C28H56NO4+. The van der Waals surface area contributed by atoms with Crippen LogP contribution in [-0.4, -0.2) is 55.3 Å². The summed E-state index contributed by atoms with van der Waals surface area (Å²) in [5.41, 5.74) is 0. The molecule has 0 aromatic rings. The molecule has 1 N–H and O–H groups in total. The summed E-state index contributed by atoms with van der Waals surface area (Å²) >= 11 is 0. The molecule has 0 aliphatic heterocycles. The van der Waals surface area contributed by atoms with Gasteiger partial charge in [-0.3, -0.25) is 9.59 Å². The molecule has 5 nitrogen and oxygen atoms in total. The second kappa shape index (κ2) is 20.3. The minimum absolute atomic E-state index is 0.127. The Hall–Kier alpha value is -1.10. The number of nitrogens with zero attached hydrogens (tertiary/aromatic N) is 1. The van der Waals surface area contributed by atoms with Gasteiger partial charge in [0, 0.05) is 6.42 Å². The van der Waals surface area contributed by atoms with Gasteiger partial charge in [0.1, 0.15) is 6.54 Å². The Morgan fingerprint density at radius 3 is 1.67 bits per heavy atom. The van der Waals surface area contributed by atoms with Crippen molar-refractivity contribution in [3.63, 3.8) is 0 Å². The lowest BCUT2D eigenvalue weighted by Crippen LogP contribution is -2.43. The number of ether oxygens (including phenoxy) is 1. The molecule has 0 saturated carbocycles. The number of likely N-dealkylation sites (N-methyl/N-ethyl adjacent to an activating group) is 1. The fraction of sp³-hybridized carbons (Fsp3) is 0.929. The standard InChI is InChI=1S/C28H55NO4/c1-6-7-8-9-10-11-12-13-14-15-17-20-25(2)21-18-16-19-22-28(32)33-26(23-27(30)31)24-29(3,4)5/h25-26H,6-24H2,1-5H3/p+1. The van der Waals surface area contributed by atoms with E-state index in [9.17, 15) is 9.59 Å². The number of rotatable bonds is 23. The van der Waals surface area contributed by atoms with Gasteiger partial charge in [-0.15, -0.1) is 0 Å². The van der Waals surface area contributed by atoms with Crippen molar-refractivity contribution in [1.29, 1.82) is 0 Å². The number of hydrogen-bond donors (Lipinski definition) is 1. The minimum atomic E-state index is -0.923. The topological polar surface area (TPSA) is 63.6 Å². The first kappa shape index (κ1) is 31.9. The highest BCUT2D eigenvalue weighted by molar-refractivity contribution is 5.71. The van der Waals surface area contributed by atoms with E-state index in [0.717, 1.165) is 25.2 Å². The zero-order chi connectivity index (χ0) is 25.0. The summed E-state index contributed by atoms with van der Waals surface area (Å²) in [6.45, 7) is 5.14. The third-order valence-electron chi connectivity index (χ3n) is 6.33. The van der Waals surface area contributed by atoms with Crippen LogP contribution in [0.1, 0.15) is 129 Å². The van der Waals surface area contributed by atoms with Gasteiger partial charge >= 0.3 is 11.9 Å². The van der Waals surface area contributed by atoms with E-state index in [0.29, 0.717) is 17.4 Å². The highest BCUT2D eigenvalue weighted by atomic mass is 16.5. The van der Waals surface area contributed by atoms with Crippen LogP contribution in [0.5, 0.6) is 0 Å². The van der Waals surface area contributed by atoms with E-state index in [1.807, 2.05) is 21.1 Å². The smallest absolute Gasteiger partial charge is 0.307 e. The first-order valence-electron chi connectivity index (χ1n) is 13.9. The van der Waals surface area contributed by atoms with Gasteiger partial charge in [0.05, 0.1) is 27.6 Å². The van der Waals surface area contributed by atoms with Gasteiger partial charge < -0.3 is 14.3 Å². The van der Waals surface area contributed by atoms with Gasteiger partial charge in [0.15, 0.2) is 6.10 Å². The van der Waals surface area contributed by atoms with E-state index >= 15 is 0 Å². The van der Waals surface area contributed by atoms with Crippen LogP contribution in [0.3, 0.4) is 0 Å². The Morgan fingerprint density at radius 1 is 0.758 bits per heavy atom. The summed E-state index contributed by atoms with van der Waals surface area (Å²) in [6, 6.07) is 0. The molecule has 0 rings (SSSR count). The molecule has 5 heteroatoms. The summed E-state index contributed by atoms with van der Waals surface area (Å²) in [7, 11) is 5.92. The Kier molecular flexibility index (Phi) is 19.6. The summed E-state index contributed by atoms with van der Waals surface area (Å²) in [5.74, 6) is -0.420. The van der Waals surface area contributed by atoms with Gasteiger partial charge in [-0.2, -0.15) is 0 Å². The minimum Gasteiger partial charge on any atom is -0.481 e. The molecule has 0 amide bonds. The molecule has 0 aromatic heterocycles. The summed E-state index contributed by atoms with van der Waals surface area (Å²) in [6.07, 6.45) is 20.6. The quantitative estimate of drug-likeness (QED) is 0.0962. The third-order valence-corrected chi connectivity index (χ3v) is 6.33. The van der Waals surface area contributed by atoms with E-state index in [2.05, 4.69) is 13.8 Å². The van der Waals surface area contributed by atoms with Crippen LogP contribution >= 0.6 is 0 Å². The second-order valence-corrected chi connectivity index (χ2v) is 11.2. The molecule has 2 unspecified atom stereocenters.